The van der Waals surface area contributed by atoms with Crippen molar-refractivity contribution >= 4 is 23.0 Å². The molecule has 9 nitrogen and oxygen atoms in total. The van der Waals surface area contributed by atoms with Gasteiger partial charge in [-0.3, -0.25) is 14.2 Å². The molecule has 0 unspecified atom stereocenters. The van der Waals surface area contributed by atoms with E-state index in [1.54, 1.807) is 51.6 Å². The summed E-state index contributed by atoms with van der Waals surface area (Å²) in [4.78, 5) is 37.8. The Morgan fingerprint density at radius 3 is 2.55 bits per heavy atom. The molecule has 0 aliphatic rings. The molecule has 0 N–H and O–H groups in total. The van der Waals surface area contributed by atoms with Gasteiger partial charge in [0.15, 0.2) is 23.7 Å². The number of likely N-dealkylation sites (N-methyl/N-ethyl adjacent to an activating group) is 1. The average molecular weight is 428 g/mol. The van der Waals surface area contributed by atoms with E-state index in [-0.39, 0.29) is 12.5 Å². The molecule has 0 fully saturated rings. The number of aromatic nitrogens is 1. The molecule has 3 aromatic rings. The molecule has 0 saturated carbocycles. The molecule has 3 rings (SSSR count). The summed E-state index contributed by atoms with van der Waals surface area (Å²) < 4.78 is 21.8. The van der Waals surface area contributed by atoms with Crippen LogP contribution in [0.25, 0.3) is 11.1 Å². The van der Waals surface area contributed by atoms with Crippen LogP contribution in [0.15, 0.2) is 51.7 Å². The van der Waals surface area contributed by atoms with Crippen molar-refractivity contribution in [3.63, 3.8) is 0 Å². The second kappa shape index (κ2) is 9.84. The van der Waals surface area contributed by atoms with Gasteiger partial charge < -0.3 is 23.5 Å². The highest BCUT2D eigenvalue weighted by Crippen LogP contribution is 2.27. The molecule has 1 aromatic heterocycles. The smallest absolute Gasteiger partial charge is 0.420 e. The summed E-state index contributed by atoms with van der Waals surface area (Å²) in [5.74, 6) is -0.456. The molecule has 0 spiro atoms. The highest BCUT2D eigenvalue weighted by atomic mass is 16.5. The lowest BCUT2D eigenvalue weighted by Gasteiger charge is -2.17. The van der Waals surface area contributed by atoms with Crippen LogP contribution in [0.2, 0.25) is 0 Å². The monoisotopic (exact) mass is 428 g/mol. The van der Waals surface area contributed by atoms with Crippen molar-refractivity contribution < 1.29 is 28.2 Å². The van der Waals surface area contributed by atoms with E-state index < -0.39 is 18.3 Å². The van der Waals surface area contributed by atoms with Crippen molar-refractivity contribution in [2.24, 2.45) is 0 Å². The number of carbonyl (C=O) groups is 2. The van der Waals surface area contributed by atoms with E-state index in [4.69, 9.17) is 18.6 Å². The van der Waals surface area contributed by atoms with E-state index in [2.05, 4.69) is 0 Å². The number of carbonyl (C=O) groups excluding carboxylic acids is 2. The van der Waals surface area contributed by atoms with Gasteiger partial charge in [0.1, 0.15) is 6.54 Å². The number of esters is 1. The highest BCUT2D eigenvalue weighted by molar-refractivity contribution is 5.81. The summed E-state index contributed by atoms with van der Waals surface area (Å²) in [6, 6.07) is 12.3. The van der Waals surface area contributed by atoms with Crippen LogP contribution in [0.1, 0.15) is 5.56 Å². The molecule has 0 bridgehead atoms. The van der Waals surface area contributed by atoms with Gasteiger partial charge in [-0.2, -0.15) is 0 Å². The molecule has 9 heteroatoms. The Hall–Kier alpha value is -3.75. The molecule has 0 saturated heterocycles. The van der Waals surface area contributed by atoms with Gasteiger partial charge in [-0.1, -0.05) is 18.2 Å². The van der Waals surface area contributed by atoms with Crippen LogP contribution in [0.5, 0.6) is 11.5 Å². The summed E-state index contributed by atoms with van der Waals surface area (Å²) >= 11 is 0. The van der Waals surface area contributed by atoms with Crippen LogP contribution in [-0.4, -0.2) is 55.8 Å². The first-order valence-corrected chi connectivity index (χ1v) is 9.61. The molecule has 1 heterocycles. The molecule has 31 heavy (non-hydrogen) atoms. The first-order valence-electron chi connectivity index (χ1n) is 9.61. The number of nitrogens with zero attached hydrogens (tertiary/aromatic N) is 2. The zero-order chi connectivity index (χ0) is 22.4. The lowest BCUT2D eigenvalue weighted by molar-refractivity contribution is -0.152. The first-order chi connectivity index (χ1) is 14.9. The lowest BCUT2D eigenvalue weighted by Crippen LogP contribution is -2.33. The number of hydrogen-bond acceptors (Lipinski definition) is 7. The molecule has 1 amide bonds. The van der Waals surface area contributed by atoms with Crippen molar-refractivity contribution in [2.75, 3.05) is 34.4 Å². The van der Waals surface area contributed by atoms with Gasteiger partial charge in [-0.05, 0) is 36.2 Å². The minimum Gasteiger partial charge on any atom is -0.493 e. The van der Waals surface area contributed by atoms with Gasteiger partial charge in [-0.25, -0.2) is 4.79 Å². The van der Waals surface area contributed by atoms with Gasteiger partial charge in [-0.15, -0.1) is 0 Å². The number of amides is 1. The van der Waals surface area contributed by atoms with Crippen molar-refractivity contribution in [1.82, 2.24) is 9.47 Å². The standard InChI is InChI=1S/C22H24N2O7/c1-23(11-10-15-8-9-18(28-2)19(12-15)29-3)20(25)14-30-21(26)13-24-16-6-4-5-7-17(16)31-22(24)27/h4-9,12H,10-11,13-14H2,1-3H3. The Balaban J connectivity index is 1.50. The third kappa shape index (κ3) is 5.25. The number of rotatable bonds is 9. The topological polar surface area (TPSA) is 100 Å². The zero-order valence-electron chi connectivity index (χ0n) is 17.6. The van der Waals surface area contributed by atoms with Crippen molar-refractivity contribution in [3.8, 4) is 11.5 Å². The Bertz CT molecular complexity index is 1130. The molecule has 0 radical (unpaired) electrons. The fraction of sp³-hybridized carbons (Fsp3) is 0.318. The highest BCUT2D eigenvalue weighted by Gasteiger charge is 2.16. The normalized spacial score (nSPS) is 10.7. The number of benzene rings is 2. The largest absolute Gasteiger partial charge is 0.493 e. The number of oxazole rings is 1. The van der Waals surface area contributed by atoms with Gasteiger partial charge >= 0.3 is 11.7 Å². The number of methoxy groups -OCH3 is 2. The summed E-state index contributed by atoms with van der Waals surface area (Å²) in [7, 11) is 4.76. The summed E-state index contributed by atoms with van der Waals surface area (Å²) in [6.45, 7) is -0.317. The predicted octanol–water partition coefficient (Wildman–Crippen LogP) is 1.86. The minimum atomic E-state index is -0.699. The summed E-state index contributed by atoms with van der Waals surface area (Å²) in [6.07, 6.45) is 0.590. The number of para-hydroxylation sites is 2. The number of hydrogen-bond donors (Lipinski definition) is 0. The van der Waals surface area contributed by atoms with Crippen LogP contribution >= 0.6 is 0 Å². The Kier molecular flexibility index (Phi) is 6.96. The quantitative estimate of drug-likeness (QED) is 0.480. The van der Waals surface area contributed by atoms with Gasteiger partial charge in [0, 0.05) is 13.6 Å². The minimum absolute atomic E-state index is 0.335. The van der Waals surface area contributed by atoms with Crippen LogP contribution in [0.4, 0.5) is 0 Å². The molecule has 0 aliphatic carbocycles. The number of ether oxygens (including phenoxy) is 3. The van der Waals surface area contributed by atoms with E-state index in [1.165, 1.54) is 9.47 Å². The molecular weight excluding hydrogens is 404 g/mol. The van der Waals surface area contributed by atoms with Crippen LogP contribution in [0, 0.1) is 0 Å². The van der Waals surface area contributed by atoms with Crippen molar-refractivity contribution in [1.29, 1.82) is 0 Å². The maximum absolute atomic E-state index is 12.3. The summed E-state index contributed by atoms with van der Waals surface area (Å²) in [5.41, 5.74) is 1.84. The first kappa shape index (κ1) is 21.9. The Morgan fingerprint density at radius 1 is 1.06 bits per heavy atom. The zero-order valence-corrected chi connectivity index (χ0v) is 17.6. The van der Waals surface area contributed by atoms with Gasteiger partial charge in [0.2, 0.25) is 0 Å². The van der Waals surface area contributed by atoms with Gasteiger partial charge in [0.05, 0.1) is 19.7 Å². The fourth-order valence-corrected chi connectivity index (χ4v) is 3.05. The molecule has 0 atom stereocenters. The van der Waals surface area contributed by atoms with E-state index in [0.717, 1.165) is 5.56 Å². The lowest BCUT2D eigenvalue weighted by atomic mass is 10.1. The fourth-order valence-electron chi connectivity index (χ4n) is 3.05. The van der Waals surface area contributed by atoms with E-state index >= 15 is 0 Å². The maximum Gasteiger partial charge on any atom is 0.420 e. The van der Waals surface area contributed by atoms with Crippen LogP contribution < -0.4 is 15.2 Å². The van der Waals surface area contributed by atoms with Gasteiger partial charge in [0.25, 0.3) is 5.91 Å². The number of fused-ring (bicyclic) bond motifs is 1. The Labute approximate surface area is 178 Å². The molecule has 0 aliphatic heterocycles. The van der Waals surface area contributed by atoms with E-state index in [9.17, 15) is 14.4 Å². The van der Waals surface area contributed by atoms with E-state index in [1.807, 2.05) is 12.1 Å². The Morgan fingerprint density at radius 2 is 1.81 bits per heavy atom. The summed E-state index contributed by atoms with van der Waals surface area (Å²) in [5, 5.41) is 0. The van der Waals surface area contributed by atoms with E-state index in [0.29, 0.717) is 35.6 Å². The average Bonchev–Trinajstić information content (AvgIpc) is 3.10. The van der Waals surface area contributed by atoms with Crippen molar-refractivity contribution in [2.45, 2.75) is 13.0 Å². The third-order valence-electron chi connectivity index (χ3n) is 4.83. The second-order valence-corrected chi connectivity index (χ2v) is 6.84. The van der Waals surface area contributed by atoms with Crippen molar-refractivity contribution in [3.05, 3.63) is 58.6 Å². The molecular formula is C22H24N2O7. The van der Waals surface area contributed by atoms with Crippen LogP contribution in [0.3, 0.4) is 0 Å². The third-order valence-corrected chi connectivity index (χ3v) is 4.83. The molecule has 2 aromatic carbocycles. The maximum atomic E-state index is 12.3. The predicted molar refractivity (Wildman–Crippen MR) is 112 cm³/mol. The second-order valence-electron chi connectivity index (χ2n) is 6.84. The SMILES string of the molecule is COc1ccc(CCN(C)C(=O)COC(=O)Cn2c(=O)oc3ccccc32)cc1OC. The van der Waals surface area contributed by atoms with Crippen LogP contribution in [-0.2, 0) is 27.3 Å². The molecule has 164 valence electrons.